The molecule has 0 unspecified atom stereocenters. The predicted molar refractivity (Wildman–Crippen MR) is 77.0 cm³/mol. The van der Waals surface area contributed by atoms with Crippen molar-refractivity contribution in [3.63, 3.8) is 0 Å². The first kappa shape index (κ1) is 13.9. The molecule has 102 valence electrons. The second-order valence-electron chi connectivity index (χ2n) is 4.26. The van der Waals surface area contributed by atoms with Crippen LogP contribution in [0.2, 0.25) is 0 Å². The molecule has 2 rings (SSSR count). The maximum absolute atomic E-state index is 11.9. The number of aryl methyl sites for hydroxylation is 1. The van der Waals surface area contributed by atoms with Crippen molar-refractivity contribution in [1.29, 1.82) is 0 Å². The molecule has 4 nitrogen and oxygen atoms in total. The monoisotopic (exact) mass is 268 g/mol. The average molecular weight is 268 g/mol. The standard InChI is InChI=1S/C16H16N2O2/c1-12-8-9-15(20-12)16(19)18-11-14-6-3-2-5-13(14)7-4-10-17/h2-3,5-6,8-9H,10-11,17H2,1H3,(H,18,19). The fourth-order valence-corrected chi connectivity index (χ4v) is 1.76. The number of furan rings is 1. The lowest BCUT2D eigenvalue weighted by atomic mass is 10.1. The van der Waals surface area contributed by atoms with E-state index in [1.165, 1.54) is 0 Å². The van der Waals surface area contributed by atoms with E-state index in [-0.39, 0.29) is 5.91 Å². The summed E-state index contributed by atoms with van der Waals surface area (Å²) in [7, 11) is 0. The van der Waals surface area contributed by atoms with E-state index in [0.29, 0.717) is 24.6 Å². The third-order valence-electron chi connectivity index (χ3n) is 2.75. The molecule has 0 bridgehead atoms. The molecule has 1 heterocycles. The Kier molecular flexibility index (Phi) is 4.59. The van der Waals surface area contributed by atoms with E-state index in [2.05, 4.69) is 17.2 Å². The smallest absolute Gasteiger partial charge is 0.287 e. The third kappa shape index (κ3) is 3.50. The molecule has 0 radical (unpaired) electrons. The average Bonchev–Trinajstić information content (AvgIpc) is 2.90. The van der Waals surface area contributed by atoms with Crippen LogP contribution in [-0.4, -0.2) is 12.5 Å². The summed E-state index contributed by atoms with van der Waals surface area (Å²) < 4.78 is 5.27. The van der Waals surface area contributed by atoms with Crippen LogP contribution < -0.4 is 11.1 Å². The van der Waals surface area contributed by atoms with Crippen LogP contribution in [0.4, 0.5) is 0 Å². The van der Waals surface area contributed by atoms with Gasteiger partial charge in [0.25, 0.3) is 5.91 Å². The molecule has 4 heteroatoms. The molecule has 3 N–H and O–H groups in total. The Morgan fingerprint density at radius 2 is 2.10 bits per heavy atom. The largest absolute Gasteiger partial charge is 0.456 e. The van der Waals surface area contributed by atoms with Gasteiger partial charge < -0.3 is 15.5 Å². The number of rotatable bonds is 3. The molecule has 1 amide bonds. The van der Waals surface area contributed by atoms with Crippen LogP contribution in [0.1, 0.15) is 27.4 Å². The van der Waals surface area contributed by atoms with E-state index in [4.69, 9.17) is 10.2 Å². The maximum atomic E-state index is 11.9. The Balaban J connectivity index is 2.06. The van der Waals surface area contributed by atoms with Gasteiger partial charge in [0.2, 0.25) is 0 Å². The Labute approximate surface area is 118 Å². The molecular formula is C16H16N2O2. The van der Waals surface area contributed by atoms with Crippen molar-refractivity contribution < 1.29 is 9.21 Å². The van der Waals surface area contributed by atoms with E-state index in [1.807, 2.05) is 24.3 Å². The van der Waals surface area contributed by atoms with E-state index >= 15 is 0 Å². The SMILES string of the molecule is Cc1ccc(C(=O)NCc2ccccc2C#CCN)o1. The van der Waals surface area contributed by atoms with Crippen molar-refractivity contribution in [1.82, 2.24) is 5.32 Å². The molecule has 20 heavy (non-hydrogen) atoms. The number of hydrogen-bond donors (Lipinski definition) is 2. The van der Waals surface area contributed by atoms with Crippen LogP contribution in [-0.2, 0) is 6.54 Å². The second kappa shape index (κ2) is 6.60. The van der Waals surface area contributed by atoms with Crippen LogP contribution in [0.3, 0.4) is 0 Å². The van der Waals surface area contributed by atoms with Crippen LogP contribution in [0, 0.1) is 18.8 Å². The summed E-state index contributed by atoms with van der Waals surface area (Å²) in [4.78, 5) is 11.9. The molecule has 1 aromatic heterocycles. The molecule has 0 atom stereocenters. The highest BCUT2D eigenvalue weighted by Gasteiger charge is 2.09. The highest BCUT2D eigenvalue weighted by atomic mass is 16.3. The molecule has 2 aromatic rings. The number of hydrogen-bond acceptors (Lipinski definition) is 3. The summed E-state index contributed by atoms with van der Waals surface area (Å²) in [5, 5.41) is 2.81. The van der Waals surface area contributed by atoms with E-state index in [1.54, 1.807) is 19.1 Å². The molecule has 0 fully saturated rings. The van der Waals surface area contributed by atoms with Crippen molar-refractivity contribution in [3.05, 3.63) is 59.0 Å². The van der Waals surface area contributed by atoms with Crippen LogP contribution >= 0.6 is 0 Å². The van der Waals surface area contributed by atoms with Gasteiger partial charge in [-0.05, 0) is 30.7 Å². The van der Waals surface area contributed by atoms with Gasteiger partial charge in [-0.2, -0.15) is 0 Å². The summed E-state index contributed by atoms with van der Waals surface area (Å²) in [5.74, 6) is 6.59. The minimum Gasteiger partial charge on any atom is -0.456 e. The zero-order valence-corrected chi connectivity index (χ0v) is 11.3. The molecule has 0 spiro atoms. The summed E-state index contributed by atoms with van der Waals surface area (Å²) in [6.07, 6.45) is 0. The van der Waals surface area contributed by atoms with Gasteiger partial charge in [-0.3, -0.25) is 4.79 Å². The predicted octanol–water partition coefficient (Wildman–Crippen LogP) is 1.83. The zero-order valence-electron chi connectivity index (χ0n) is 11.3. The van der Waals surface area contributed by atoms with Gasteiger partial charge in [-0.1, -0.05) is 30.0 Å². The Morgan fingerprint density at radius 3 is 2.80 bits per heavy atom. The summed E-state index contributed by atoms with van der Waals surface area (Å²) >= 11 is 0. The van der Waals surface area contributed by atoms with Gasteiger partial charge >= 0.3 is 0 Å². The number of nitrogens with two attached hydrogens (primary N) is 1. The number of carbonyl (C=O) groups is 1. The number of amides is 1. The van der Waals surface area contributed by atoms with Gasteiger partial charge in [-0.15, -0.1) is 0 Å². The maximum Gasteiger partial charge on any atom is 0.287 e. The molecule has 0 saturated carbocycles. The zero-order chi connectivity index (χ0) is 14.4. The minimum absolute atomic E-state index is 0.236. The molecule has 0 aliphatic rings. The summed E-state index contributed by atoms with van der Waals surface area (Å²) in [6, 6.07) is 11.1. The molecule has 0 saturated heterocycles. The van der Waals surface area contributed by atoms with Gasteiger partial charge in [0, 0.05) is 12.1 Å². The third-order valence-corrected chi connectivity index (χ3v) is 2.75. The van der Waals surface area contributed by atoms with E-state index < -0.39 is 0 Å². The lowest BCUT2D eigenvalue weighted by Crippen LogP contribution is -2.22. The van der Waals surface area contributed by atoms with Gasteiger partial charge in [0.05, 0.1) is 6.54 Å². The van der Waals surface area contributed by atoms with Crippen molar-refractivity contribution in [2.24, 2.45) is 5.73 Å². The lowest BCUT2D eigenvalue weighted by Gasteiger charge is -2.05. The van der Waals surface area contributed by atoms with Gasteiger partial charge in [-0.25, -0.2) is 0 Å². The topological polar surface area (TPSA) is 68.3 Å². The molecule has 0 aliphatic heterocycles. The van der Waals surface area contributed by atoms with Crippen molar-refractivity contribution in [3.8, 4) is 11.8 Å². The van der Waals surface area contributed by atoms with Crippen LogP contribution in [0.5, 0.6) is 0 Å². The quantitative estimate of drug-likeness (QED) is 0.834. The fourth-order valence-electron chi connectivity index (χ4n) is 1.76. The molecule has 1 aromatic carbocycles. The van der Waals surface area contributed by atoms with Crippen molar-refractivity contribution in [2.45, 2.75) is 13.5 Å². The van der Waals surface area contributed by atoms with E-state index in [9.17, 15) is 4.79 Å². The first-order valence-corrected chi connectivity index (χ1v) is 6.32. The van der Waals surface area contributed by atoms with Gasteiger partial charge in [0.1, 0.15) is 5.76 Å². The molecule has 0 aliphatic carbocycles. The summed E-state index contributed by atoms with van der Waals surface area (Å²) in [5.41, 5.74) is 7.19. The first-order valence-electron chi connectivity index (χ1n) is 6.32. The van der Waals surface area contributed by atoms with E-state index in [0.717, 1.165) is 11.1 Å². The van der Waals surface area contributed by atoms with Crippen LogP contribution in [0.25, 0.3) is 0 Å². The highest BCUT2D eigenvalue weighted by Crippen LogP contribution is 2.09. The second-order valence-corrected chi connectivity index (χ2v) is 4.26. The van der Waals surface area contributed by atoms with Gasteiger partial charge in [0.15, 0.2) is 5.76 Å². The Morgan fingerprint density at radius 1 is 1.30 bits per heavy atom. The number of nitrogens with one attached hydrogen (secondary N) is 1. The summed E-state index contributed by atoms with van der Waals surface area (Å²) in [6.45, 7) is 2.51. The van der Waals surface area contributed by atoms with Crippen LogP contribution in [0.15, 0.2) is 40.8 Å². The first-order chi connectivity index (χ1) is 9.70. The minimum atomic E-state index is -0.236. The Hall–Kier alpha value is -2.51. The highest BCUT2D eigenvalue weighted by molar-refractivity contribution is 5.91. The lowest BCUT2D eigenvalue weighted by molar-refractivity contribution is 0.0922. The normalized spacial score (nSPS) is 9.70. The fraction of sp³-hybridized carbons (Fsp3) is 0.188. The Bertz CT molecular complexity index is 662. The number of carbonyl (C=O) groups excluding carboxylic acids is 1. The van der Waals surface area contributed by atoms with Crippen molar-refractivity contribution >= 4 is 5.91 Å². The van der Waals surface area contributed by atoms with Crippen molar-refractivity contribution in [2.75, 3.05) is 6.54 Å². The number of benzene rings is 1. The molecular weight excluding hydrogens is 252 g/mol.